The van der Waals surface area contributed by atoms with E-state index in [2.05, 4.69) is 26.1 Å². The fourth-order valence-corrected chi connectivity index (χ4v) is 3.51. The first-order valence-electron chi connectivity index (χ1n) is 8.67. The van der Waals surface area contributed by atoms with Crippen LogP contribution in [0.1, 0.15) is 5.56 Å². The fourth-order valence-electron chi connectivity index (χ4n) is 2.70. The molecule has 0 saturated carbocycles. The Balaban J connectivity index is 1.41. The maximum Gasteiger partial charge on any atom is 0.250 e. The maximum absolute atomic E-state index is 12.1. The summed E-state index contributed by atoms with van der Waals surface area (Å²) in [7, 11) is 0. The highest BCUT2D eigenvalue weighted by molar-refractivity contribution is 7.99. The molecule has 0 spiro atoms. The summed E-state index contributed by atoms with van der Waals surface area (Å²) in [6.07, 6.45) is 1.55. The molecule has 0 unspecified atom stereocenters. The number of hydrogen-bond acceptors (Lipinski definition) is 6. The van der Waals surface area contributed by atoms with Crippen molar-refractivity contribution in [2.75, 3.05) is 5.75 Å². The molecule has 3 aromatic carbocycles. The molecule has 144 valence electrons. The number of aromatic nitrogens is 4. The lowest BCUT2D eigenvalue weighted by Gasteiger charge is -2.07. The van der Waals surface area contributed by atoms with E-state index in [0.717, 1.165) is 22.0 Å². The zero-order valence-corrected chi connectivity index (χ0v) is 16.6. The minimum absolute atomic E-state index is 0.128. The lowest BCUT2D eigenvalue weighted by atomic mass is 10.1. The van der Waals surface area contributed by atoms with Crippen LogP contribution in [0.25, 0.3) is 16.5 Å². The number of rotatable bonds is 6. The Bertz CT molecular complexity index is 1170. The van der Waals surface area contributed by atoms with Gasteiger partial charge in [-0.25, -0.2) is 5.43 Å². The Morgan fingerprint density at radius 2 is 1.90 bits per heavy atom. The number of fused-ring (bicyclic) bond motifs is 1. The van der Waals surface area contributed by atoms with Crippen LogP contribution >= 0.6 is 23.4 Å². The highest BCUT2D eigenvalue weighted by Gasteiger charge is 2.13. The highest BCUT2D eigenvalue weighted by atomic mass is 35.5. The van der Waals surface area contributed by atoms with Crippen LogP contribution in [0.4, 0.5) is 0 Å². The zero-order chi connectivity index (χ0) is 20.1. The molecular formula is C20H15ClN6OS. The number of hydrazone groups is 1. The van der Waals surface area contributed by atoms with Gasteiger partial charge in [-0.2, -0.15) is 9.78 Å². The number of carbonyl (C=O) groups excluding carboxylic acids is 1. The molecule has 7 nitrogen and oxygen atoms in total. The smallest absolute Gasteiger partial charge is 0.250 e. The van der Waals surface area contributed by atoms with Gasteiger partial charge in [0.15, 0.2) is 0 Å². The second kappa shape index (κ2) is 8.85. The molecule has 0 fully saturated rings. The standard InChI is InChI=1S/C20H15ClN6OS/c21-16-10-8-14(9-11-16)12-22-23-19(28)13-29-20-24-25-26-27(20)18-7-3-5-15-4-1-2-6-17(15)18/h1-12H,13H2,(H,23,28)/b22-12+. The van der Waals surface area contributed by atoms with Gasteiger partial charge in [-0.1, -0.05) is 71.9 Å². The van der Waals surface area contributed by atoms with Crippen molar-refractivity contribution in [3.8, 4) is 5.69 Å². The molecular weight excluding hydrogens is 408 g/mol. The molecule has 0 aliphatic heterocycles. The van der Waals surface area contributed by atoms with Gasteiger partial charge in [-0.05, 0) is 39.6 Å². The normalized spacial score (nSPS) is 11.2. The summed E-state index contributed by atoms with van der Waals surface area (Å²) in [5, 5.41) is 19.1. The van der Waals surface area contributed by atoms with E-state index in [1.54, 1.807) is 23.0 Å². The SMILES string of the molecule is O=C(CSc1nnnn1-c1cccc2ccccc12)N/N=C/c1ccc(Cl)cc1. The summed E-state index contributed by atoms with van der Waals surface area (Å²) >= 11 is 7.08. The van der Waals surface area contributed by atoms with E-state index in [1.165, 1.54) is 11.8 Å². The first-order valence-corrected chi connectivity index (χ1v) is 10.0. The van der Waals surface area contributed by atoms with Crippen LogP contribution in [0.2, 0.25) is 5.02 Å². The molecule has 4 rings (SSSR count). The average Bonchev–Trinajstić information content (AvgIpc) is 3.22. The number of amides is 1. The monoisotopic (exact) mass is 422 g/mol. The Morgan fingerprint density at radius 3 is 2.76 bits per heavy atom. The van der Waals surface area contributed by atoms with Gasteiger partial charge in [0.25, 0.3) is 5.91 Å². The van der Waals surface area contributed by atoms with Gasteiger partial charge in [0.1, 0.15) is 0 Å². The van der Waals surface area contributed by atoms with Gasteiger partial charge in [-0.3, -0.25) is 4.79 Å². The third-order valence-corrected chi connectivity index (χ3v) is 5.21. The molecule has 0 saturated heterocycles. The molecule has 1 aromatic heterocycles. The quantitative estimate of drug-likeness (QED) is 0.291. The van der Waals surface area contributed by atoms with Gasteiger partial charge >= 0.3 is 0 Å². The number of benzene rings is 3. The van der Waals surface area contributed by atoms with E-state index in [0.29, 0.717) is 10.2 Å². The summed E-state index contributed by atoms with van der Waals surface area (Å²) < 4.78 is 1.64. The number of nitrogens with one attached hydrogen (secondary N) is 1. The second-order valence-electron chi connectivity index (χ2n) is 6.00. The van der Waals surface area contributed by atoms with Crippen LogP contribution in [-0.2, 0) is 4.79 Å². The Kier molecular flexibility index (Phi) is 5.83. The summed E-state index contributed by atoms with van der Waals surface area (Å²) in [5.74, 6) is -0.129. The predicted molar refractivity (Wildman–Crippen MR) is 115 cm³/mol. The predicted octanol–water partition coefficient (Wildman–Crippen LogP) is 3.71. The van der Waals surface area contributed by atoms with Gasteiger partial charge in [0, 0.05) is 10.4 Å². The number of thioether (sulfide) groups is 1. The van der Waals surface area contributed by atoms with Crippen LogP contribution in [0.5, 0.6) is 0 Å². The lowest BCUT2D eigenvalue weighted by molar-refractivity contribution is -0.118. The van der Waals surface area contributed by atoms with Gasteiger partial charge in [0.05, 0.1) is 17.7 Å². The minimum Gasteiger partial charge on any atom is -0.272 e. The van der Waals surface area contributed by atoms with E-state index < -0.39 is 0 Å². The Hall–Kier alpha value is -3.23. The van der Waals surface area contributed by atoms with E-state index in [-0.39, 0.29) is 11.7 Å². The van der Waals surface area contributed by atoms with Crippen molar-refractivity contribution in [2.45, 2.75) is 5.16 Å². The van der Waals surface area contributed by atoms with Crippen molar-refractivity contribution in [3.63, 3.8) is 0 Å². The van der Waals surface area contributed by atoms with Crippen LogP contribution < -0.4 is 5.43 Å². The summed E-state index contributed by atoms with van der Waals surface area (Å²) in [5.41, 5.74) is 4.19. The molecule has 0 atom stereocenters. The van der Waals surface area contributed by atoms with Crippen LogP contribution in [-0.4, -0.2) is 38.1 Å². The van der Waals surface area contributed by atoms with Crippen molar-refractivity contribution in [1.82, 2.24) is 25.6 Å². The molecule has 0 radical (unpaired) electrons. The maximum atomic E-state index is 12.1. The van der Waals surface area contributed by atoms with Crippen molar-refractivity contribution in [3.05, 3.63) is 77.3 Å². The van der Waals surface area contributed by atoms with Gasteiger partial charge in [-0.15, -0.1) is 5.10 Å². The molecule has 4 aromatic rings. The molecule has 0 aliphatic rings. The third-order valence-electron chi connectivity index (χ3n) is 4.04. The fraction of sp³-hybridized carbons (Fsp3) is 0.0500. The molecule has 1 heterocycles. The molecule has 29 heavy (non-hydrogen) atoms. The van der Waals surface area contributed by atoms with Gasteiger partial charge in [0.2, 0.25) is 5.16 Å². The molecule has 0 bridgehead atoms. The zero-order valence-electron chi connectivity index (χ0n) is 15.1. The Labute approximate surface area is 175 Å². The lowest BCUT2D eigenvalue weighted by Crippen LogP contribution is -2.20. The Morgan fingerprint density at radius 1 is 1.10 bits per heavy atom. The summed E-state index contributed by atoms with van der Waals surface area (Å²) in [4.78, 5) is 12.1. The van der Waals surface area contributed by atoms with E-state index in [9.17, 15) is 4.79 Å². The first kappa shape index (κ1) is 19.1. The van der Waals surface area contributed by atoms with Crippen molar-refractivity contribution >= 4 is 46.3 Å². The second-order valence-corrected chi connectivity index (χ2v) is 7.38. The first-order chi connectivity index (χ1) is 14.2. The molecule has 9 heteroatoms. The summed E-state index contributed by atoms with van der Waals surface area (Å²) in [6, 6.07) is 21.1. The number of nitrogens with zero attached hydrogens (tertiary/aromatic N) is 5. The number of tetrazole rings is 1. The van der Waals surface area contributed by atoms with Crippen molar-refractivity contribution in [2.24, 2.45) is 5.10 Å². The topological polar surface area (TPSA) is 85.1 Å². The van der Waals surface area contributed by atoms with Crippen LogP contribution in [0.15, 0.2) is 77.0 Å². The van der Waals surface area contributed by atoms with Crippen molar-refractivity contribution in [1.29, 1.82) is 0 Å². The third kappa shape index (κ3) is 4.61. The van der Waals surface area contributed by atoms with Gasteiger partial charge < -0.3 is 0 Å². The van der Waals surface area contributed by atoms with Crippen LogP contribution in [0, 0.1) is 0 Å². The minimum atomic E-state index is -0.257. The van der Waals surface area contributed by atoms with Crippen molar-refractivity contribution < 1.29 is 4.79 Å². The molecule has 1 amide bonds. The van der Waals surface area contributed by atoms with E-state index >= 15 is 0 Å². The van der Waals surface area contributed by atoms with Crippen LogP contribution in [0.3, 0.4) is 0 Å². The van der Waals surface area contributed by atoms with E-state index in [4.69, 9.17) is 11.6 Å². The number of halogens is 1. The largest absolute Gasteiger partial charge is 0.272 e. The number of carbonyl (C=O) groups is 1. The van der Waals surface area contributed by atoms with E-state index in [1.807, 2.05) is 54.6 Å². The average molecular weight is 423 g/mol. The highest BCUT2D eigenvalue weighted by Crippen LogP contribution is 2.25. The number of hydrogen-bond donors (Lipinski definition) is 1. The molecule has 0 aliphatic carbocycles. The molecule has 1 N–H and O–H groups in total. The summed E-state index contributed by atoms with van der Waals surface area (Å²) in [6.45, 7) is 0.